The van der Waals surface area contributed by atoms with Crippen molar-refractivity contribution in [1.82, 2.24) is 5.48 Å². The second-order valence-electron chi connectivity index (χ2n) is 2.90. The molecular weight excluding hydrogens is 158 g/mol. The maximum Gasteiger partial charge on any atom is 0.272 e. The quantitative estimate of drug-likeness (QED) is 0.462. The Morgan fingerprint density at radius 1 is 1.67 bits per heavy atom. The van der Waals surface area contributed by atoms with Crippen LogP contribution in [0.5, 0.6) is 0 Å². The number of aliphatic hydroxyl groups excluding tert-OH is 1. The summed E-state index contributed by atoms with van der Waals surface area (Å²) in [5, 5.41) is 8.50. The van der Waals surface area contributed by atoms with Crippen LogP contribution in [0.25, 0.3) is 0 Å². The summed E-state index contributed by atoms with van der Waals surface area (Å²) in [5.74, 6) is -0.120. The van der Waals surface area contributed by atoms with E-state index >= 15 is 0 Å². The van der Waals surface area contributed by atoms with E-state index in [9.17, 15) is 4.79 Å². The van der Waals surface area contributed by atoms with Crippen LogP contribution in [0, 0.1) is 5.92 Å². The molecule has 0 radical (unpaired) electrons. The molecule has 1 amide bonds. The fourth-order valence-electron chi connectivity index (χ4n) is 0.418. The molecule has 0 rings (SSSR count). The maximum absolute atomic E-state index is 10.9. The summed E-state index contributed by atoms with van der Waals surface area (Å²) in [6, 6.07) is 0. The van der Waals surface area contributed by atoms with E-state index in [1.807, 2.05) is 13.8 Å². The van der Waals surface area contributed by atoms with Gasteiger partial charge in [0.1, 0.15) is 0 Å². The predicted molar refractivity (Wildman–Crippen MR) is 45.2 cm³/mol. The third-order valence-corrected chi connectivity index (χ3v) is 1.09. The summed E-state index contributed by atoms with van der Waals surface area (Å²) < 4.78 is 0. The van der Waals surface area contributed by atoms with Crippen molar-refractivity contribution < 1.29 is 14.7 Å². The van der Waals surface area contributed by atoms with Crippen LogP contribution in [-0.4, -0.2) is 24.2 Å². The number of nitrogens with one attached hydrogen (secondary N) is 1. The van der Waals surface area contributed by atoms with Crippen molar-refractivity contribution in [2.75, 3.05) is 13.2 Å². The molecule has 0 aliphatic carbocycles. The number of amides is 1. The highest BCUT2D eigenvalue weighted by Crippen LogP contribution is 1.91. The van der Waals surface area contributed by atoms with Crippen molar-refractivity contribution in [1.29, 1.82) is 0 Å². The van der Waals surface area contributed by atoms with Crippen LogP contribution in [-0.2, 0) is 9.63 Å². The van der Waals surface area contributed by atoms with E-state index in [1.54, 1.807) is 0 Å². The molecule has 0 aromatic heterocycles. The molecule has 0 saturated carbocycles. The van der Waals surface area contributed by atoms with E-state index in [0.29, 0.717) is 12.5 Å². The first-order chi connectivity index (χ1) is 5.57. The summed E-state index contributed by atoms with van der Waals surface area (Å²) in [6.45, 7) is 7.36. The van der Waals surface area contributed by atoms with Gasteiger partial charge in [-0.3, -0.25) is 9.63 Å². The lowest BCUT2D eigenvalue weighted by molar-refractivity contribution is -0.130. The Morgan fingerprint density at radius 3 is 2.67 bits per heavy atom. The predicted octanol–water partition coefficient (Wildman–Crippen LogP) is 0.239. The molecule has 0 bridgehead atoms. The summed E-state index contributed by atoms with van der Waals surface area (Å²) in [4.78, 5) is 15.7. The zero-order valence-corrected chi connectivity index (χ0v) is 7.46. The van der Waals surface area contributed by atoms with Crippen molar-refractivity contribution in [3.8, 4) is 0 Å². The molecule has 0 aromatic rings. The summed E-state index contributed by atoms with van der Waals surface area (Å²) in [5.41, 5.74) is 2.26. The fourth-order valence-corrected chi connectivity index (χ4v) is 0.418. The molecule has 70 valence electrons. The van der Waals surface area contributed by atoms with Gasteiger partial charge in [-0.1, -0.05) is 20.4 Å². The van der Waals surface area contributed by atoms with Gasteiger partial charge >= 0.3 is 0 Å². The van der Waals surface area contributed by atoms with Gasteiger partial charge in [-0.05, 0) is 5.92 Å². The lowest BCUT2D eigenvalue weighted by Gasteiger charge is -2.07. The van der Waals surface area contributed by atoms with Crippen molar-refractivity contribution in [2.45, 2.75) is 13.8 Å². The molecule has 0 fully saturated rings. The van der Waals surface area contributed by atoms with E-state index in [2.05, 4.69) is 12.1 Å². The van der Waals surface area contributed by atoms with Crippen LogP contribution in [0.1, 0.15) is 13.8 Å². The van der Waals surface area contributed by atoms with Crippen molar-refractivity contribution in [3.05, 3.63) is 12.2 Å². The minimum atomic E-state index is -0.474. The average Bonchev–Trinajstić information content (AvgIpc) is 2.02. The first-order valence-electron chi connectivity index (χ1n) is 3.78. The fraction of sp³-hybridized carbons (Fsp3) is 0.625. The van der Waals surface area contributed by atoms with Gasteiger partial charge in [0, 0.05) is 5.57 Å². The number of carbonyl (C=O) groups is 1. The van der Waals surface area contributed by atoms with E-state index < -0.39 is 5.91 Å². The van der Waals surface area contributed by atoms with Crippen molar-refractivity contribution >= 4 is 5.91 Å². The average molecular weight is 173 g/mol. The number of hydrogen-bond donors (Lipinski definition) is 2. The van der Waals surface area contributed by atoms with Crippen LogP contribution in [0.15, 0.2) is 12.2 Å². The number of hydrogen-bond acceptors (Lipinski definition) is 3. The summed E-state index contributed by atoms with van der Waals surface area (Å²) in [7, 11) is 0. The lowest BCUT2D eigenvalue weighted by atomic mass is 10.2. The van der Waals surface area contributed by atoms with Gasteiger partial charge in [0.05, 0.1) is 13.2 Å². The summed E-state index contributed by atoms with van der Waals surface area (Å²) in [6.07, 6.45) is 0. The lowest BCUT2D eigenvalue weighted by Crippen LogP contribution is -2.27. The first-order valence-corrected chi connectivity index (χ1v) is 3.78. The highest BCUT2D eigenvalue weighted by Gasteiger charge is 2.04. The van der Waals surface area contributed by atoms with E-state index in [4.69, 9.17) is 9.94 Å². The molecule has 0 saturated heterocycles. The topological polar surface area (TPSA) is 58.6 Å². The molecule has 12 heavy (non-hydrogen) atoms. The van der Waals surface area contributed by atoms with Crippen LogP contribution >= 0.6 is 0 Å². The Labute approximate surface area is 72.2 Å². The highest BCUT2D eigenvalue weighted by atomic mass is 16.6. The molecule has 0 heterocycles. The minimum Gasteiger partial charge on any atom is -0.391 e. The van der Waals surface area contributed by atoms with Gasteiger partial charge in [-0.15, -0.1) is 0 Å². The van der Waals surface area contributed by atoms with Crippen LogP contribution in [0.2, 0.25) is 0 Å². The normalized spacial score (nSPS) is 10.0. The molecular formula is C8H15NO3. The number of hydroxylamine groups is 1. The third kappa shape index (κ3) is 4.87. The Balaban J connectivity index is 3.51. The standard InChI is InChI=1S/C8H15NO3/c1-6(2)5-12-9-8(11)7(3)4-10/h6,10H,3-5H2,1-2H3,(H,9,11). The Bertz CT molecular complexity index is 166. The zero-order valence-electron chi connectivity index (χ0n) is 7.46. The molecule has 0 atom stereocenters. The molecule has 0 aliphatic heterocycles. The molecule has 0 aliphatic rings. The van der Waals surface area contributed by atoms with E-state index in [0.717, 1.165) is 0 Å². The Morgan fingerprint density at radius 2 is 2.25 bits per heavy atom. The highest BCUT2D eigenvalue weighted by molar-refractivity contribution is 5.92. The minimum absolute atomic E-state index is 0.0961. The van der Waals surface area contributed by atoms with Gasteiger partial charge < -0.3 is 5.11 Å². The number of carbonyl (C=O) groups excluding carboxylic acids is 1. The van der Waals surface area contributed by atoms with Gasteiger partial charge in [-0.2, -0.15) is 0 Å². The second-order valence-corrected chi connectivity index (χ2v) is 2.90. The van der Waals surface area contributed by atoms with E-state index in [-0.39, 0.29) is 12.2 Å². The largest absolute Gasteiger partial charge is 0.391 e. The zero-order chi connectivity index (χ0) is 9.56. The van der Waals surface area contributed by atoms with Crippen molar-refractivity contribution in [2.24, 2.45) is 5.92 Å². The second kappa shape index (κ2) is 5.74. The molecule has 0 spiro atoms. The van der Waals surface area contributed by atoms with E-state index in [1.165, 1.54) is 0 Å². The monoisotopic (exact) mass is 173 g/mol. The molecule has 0 unspecified atom stereocenters. The Hall–Kier alpha value is -0.870. The maximum atomic E-state index is 10.9. The third-order valence-electron chi connectivity index (χ3n) is 1.09. The molecule has 4 nitrogen and oxygen atoms in total. The molecule has 2 N–H and O–H groups in total. The molecule has 4 heteroatoms. The SMILES string of the molecule is C=C(CO)C(=O)NOCC(C)C. The van der Waals surface area contributed by atoms with Gasteiger partial charge in [-0.25, -0.2) is 5.48 Å². The van der Waals surface area contributed by atoms with Gasteiger partial charge in [0.15, 0.2) is 0 Å². The van der Waals surface area contributed by atoms with Gasteiger partial charge in [0.25, 0.3) is 5.91 Å². The number of aliphatic hydroxyl groups is 1. The van der Waals surface area contributed by atoms with Crippen molar-refractivity contribution in [3.63, 3.8) is 0 Å². The van der Waals surface area contributed by atoms with Gasteiger partial charge in [0.2, 0.25) is 0 Å². The summed E-state index contributed by atoms with van der Waals surface area (Å²) >= 11 is 0. The number of rotatable bonds is 5. The van der Waals surface area contributed by atoms with Crippen LogP contribution in [0.4, 0.5) is 0 Å². The first kappa shape index (κ1) is 11.1. The Kier molecular flexibility index (Phi) is 5.32. The van der Waals surface area contributed by atoms with Crippen LogP contribution in [0.3, 0.4) is 0 Å². The smallest absolute Gasteiger partial charge is 0.272 e. The molecule has 0 aromatic carbocycles. The van der Waals surface area contributed by atoms with Crippen LogP contribution < -0.4 is 5.48 Å².